The van der Waals surface area contributed by atoms with Gasteiger partial charge in [0.2, 0.25) is 0 Å². The summed E-state index contributed by atoms with van der Waals surface area (Å²) in [6.45, 7) is 0.792. The number of nitrogens with one attached hydrogen (secondary N) is 2. The standard InChI is InChI=1S/C11H13N5O2/c1-18-7-9-4-8(15-16-9)5-14-11(17)10-6-12-2-3-13-10/h2-4,6H,5,7H2,1H3,(H,14,17)(H,15,16). The molecule has 0 spiro atoms. The predicted molar refractivity (Wildman–Crippen MR) is 62.5 cm³/mol. The monoisotopic (exact) mass is 247 g/mol. The van der Waals surface area contributed by atoms with E-state index in [4.69, 9.17) is 4.74 Å². The molecule has 1 amide bonds. The summed E-state index contributed by atoms with van der Waals surface area (Å²) in [7, 11) is 1.60. The summed E-state index contributed by atoms with van der Waals surface area (Å²) >= 11 is 0. The molecule has 94 valence electrons. The van der Waals surface area contributed by atoms with Gasteiger partial charge in [-0.3, -0.25) is 14.9 Å². The highest BCUT2D eigenvalue weighted by molar-refractivity contribution is 5.91. The number of rotatable bonds is 5. The highest BCUT2D eigenvalue weighted by Gasteiger charge is 2.07. The number of carbonyl (C=O) groups excluding carboxylic acids is 1. The third-order valence-corrected chi connectivity index (χ3v) is 2.21. The molecule has 0 atom stereocenters. The number of amides is 1. The van der Waals surface area contributed by atoms with E-state index in [1.807, 2.05) is 6.07 Å². The molecule has 2 N–H and O–H groups in total. The van der Waals surface area contributed by atoms with Gasteiger partial charge in [-0.2, -0.15) is 5.10 Å². The maximum atomic E-state index is 11.7. The first-order valence-electron chi connectivity index (χ1n) is 5.36. The molecule has 0 unspecified atom stereocenters. The Balaban J connectivity index is 1.89. The van der Waals surface area contributed by atoms with Crippen molar-refractivity contribution in [2.75, 3.05) is 7.11 Å². The number of hydrogen-bond donors (Lipinski definition) is 2. The molecule has 0 fully saturated rings. The molecule has 2 rings (SSSR count). The SMILES string of the molecule is COCc1cc(CNC(=O)c2cnccn2)[nH]n1. The lowest BCUT2D eigenvalue weighted by Gasteiger charge is -2.01. The molecule has 0 saturated carbocycles. The summed E-state index contributed by atoms with van der Waals surface area (Å²) in [4.78, 5) is 19.4. The van der Waals surface area contributed by atoms with Gasteiger partial charge in [0.1, 0.15) is 5.69 Å². The fourth-order valence-electron chi connectivity index (χ4n) is 1.40. The van der Waals surface area contributed by atoms with E-state index >= 15 is 0 Å². The van der Waals surface area contributed by atoms with Crippen LogP contribution in [0, 0.1) is 0 Å². The molecule has 0 aliphatic heterocycles. The minimum atomic E-state index is -0.272. The minimum Gasteiger partial charge on any atom is -0.378 e. The van der Waals surface area contributed by atoms with Gasteiger partial charge in [0, 0.05) is 19.5 Å². The maximum Gasteiger partial charge on any atom is 0.271 e. The van der Waals surface area contributed by atoms with Crippen molar-refractivity contribution in [3.8, 4) is 0 Å². The van der Waals surface area contributed by atoms with Crippen LogP contribution in [0.2, 0.25) is 0 Å². The number of methoxy groups -OCH3 is 1. The molecule has 2 heterocycles. The second kappa shape index (κ2) is 5.87. The largest absolute Gasteiger partial charge is 0.378 e. The Labute approximate surface area is 104 Å². The molecule has 0 aliphatic carbocycles. The average molecular weight is 247 g/mol. The van der Waals surface area contributed by atoms with E-state index in [2.05, 4.69) is 25.5 Å². The molecule has 18 heavy (non-hydrogen) atoms. The highest BCUT2D eigenvalue weighted by atomic mass is 16.5. The fourth-order valence-corrected chi connectivity index (χ4v) is 1.40. The van der Waals surface area contributed by atoms with Gasteiger partial charge >= 0.3 is 0 Å². The number of ether oxygens (including phenoxy) is 1. The number of nitrogens with zero attached hydrogens (tertiary/aromatic N) is 3. The zero-order valence-electron chi connectivity index (χ0n) is 9.88. The summed E-state index contributed by atoms with van der Waals surface area (Å²) in [6.07, 6.45) is 4.41. The van der Waals surface area contributed by atoms with Crippen LogP contribution in [-0.2, 0) is 17.9 Å². The first kappa shape index (κ1) is 12.2. The number of aromatic nitrogens is 4. The summed E-state index contributed by atoms with van der Waals surface area (Å²) in [5.74, 6) is -0.272. The van der Waals surface area contributed by atoms with E-state index in [9.17, 15) is 4.79 Å². The summed E-state index contributed by atoms with van der Waals surface area (Å²) in [5.41, 5.74) is 1.88. The van der Waals surface area contributed by atoms with Crippen LogP contribution in [0.4, 0.5) is 0 Å². The highest BCUT2D eigenvalue weighted by Crippen LogP contribution is 2.01. The Morgan fingerprint density at radius 1 is 1.50 bits per heavy atom. The lowest BCUT2D eigenvalue weighted by Crippen LogP contribution is -2.24. The number of aromatic amines is 1. The predicted octanol–water partition coefficient (Wildman–Crippen LogP) is 0.276. The lowest BCUT2D eigenvalue weighted by molar-refractivity contribution is 0.0945. The average Bonchev–Trinajstić information content (AvgIpc) is 2.85. The van der Waals surface area contributed by atoms with Crippen LogP contribution in [0.15, 0.2) is 24.7 Å². The molecular weight excluding hydrogens is 234 g/mol. The molecule has 0 aromatic carbocycles. The van der Waals surface area contributed by atoms with Crippen LogP contribution in [0.3, 0.4) is 0 Å². The van der Waals surface area contributed by atoms with Crippen molar-refractivity contribution >= 4 is 5.91 Å². The number of hydrogen-bond acceptors (Lipinski definition) is 5. The van der Waals surface area contributed by atoms with Crippen LogP contribution < -0.4 is 5.32 Å². The van der Waals surface area contributed by atoms with Crippen molar-refractivity contribution < 1.29 is 9.53 Å². The van der Waals surface area contributed by atoms with Crippen molar-refractivity contribution in [1.82, 2.24) is 25.5 Å². The second-order valence-corrected chi connectivity index (χ2v) is 3.59. The molecule has 2 aromatic heterocycles. The van der Waals surface area contributed by atoms with Gasteiger partial charge in [0.25, 0.3) is 5.91 Å². The molecular formula is C11H13N5O2. The van der Waals surface area contributed by atoms with Crippen molar-refractivity contribution in [3.05, 3.63) is 41.7 Å². The van der Waals surface area contributed by atoms with Gasteiger partial charge in [-0.15, -0.1) is 0 Å². The van der Waals surface area contributed by atoms with Gasteiger partial charge in [-0.05, 0) is 6.07 Å². The van der Waals surface area contributed by atoms with Crippen LogP contribution in [0.25, 0.3) is 0 Å². The molecule has 2 aromatic rings. The molecule has 7 heteroatoms. The van der Waals surface area contributed by atoms with Crippen LogP contribution in [-0.4, -0.2) is 33.2 Å². The summed E-state index contributed by atoms with van der Waals surface area (Å²) < 4.78 is 4.95. The third kappa shape index (κ3) is 3.11. The fraction of sp³-hybridized carbons (Fsp3) is 0.273. The number of H-pyrrole nitrogens is 1. The Morgan fingerprint density at radius 3 is 3.11 bits per heavy atom. The molecule has 0 aliphatic rings. The van der Waals surface area contributed by atoms with Crippen molar-refractivity contribution in [3.63, 3.8) is 0 Å². The van der Waals surface area contributed by atoms with Crippen LogP contribution in [0.1, 0.15) is 21.9 Å². The zero-order valence-corrected chi connectivity index (χ0v) is 9.88. The van der Waals surface area contributed by atoms with Crippen LogP contribution >= 0.6 is 0 Å². The van der Waals surface area contributed by atoms with Crippen molar-refractivity contribution in [2.24, 2.45) is 0 Å². The zero-order chi connectivity index (χ0) is 12.8. The van der Waals surface area contributed by atoms with E-state index in [1.54, 1.807) is 7.11 Å². The lowest BCUT2D eigenvalue weighted by atomic mass is 10.3. The van der Waals surface area contributed by atoms with Crippen LogP contribution in [0.5, 0.6) is 0 Å². The van der Waals surface area contributed by atoms with Gasteiger partial charge in [-0.1, -0.05) is 0 Å². The third-order valence-electron chi connectivity index (χ3n) is 2.21. The van der Waals surface area contributed by atoms with E-state index in [1.165, 1.54) is 18.6 Å². The molecule has 0 saturated heterocycles. The van der Waals surface area contributed by atoms with Crippen molar-refractivity contribution in [1.29, 1.82) is 0 Å². The first-order valence-corrected chi connectivity index (χ1v) is 5.36. The normalized spacial score (nSPS) is 10.3. The minimum absolute atomic E-state index is 0.272. The second-order valence-electron chi connectivity index (χ2n) is 3.59. The Hall–Kier alpha value is -2.28. The van der Waals surface area contributed by atoms with Gasteiger partial charge < -0.3 is 10.1 Å². The number of carbonyl (C=O) groups is 1. The topological polar surface area (TPSA) is 92.8 Å². The van der Waals surface area contributed by atoms with Gasteiger partial charge in [-0.25, -0.2) is 4.98 Å². The van der Waals surface area contributed by atoms with E-state index in [0.29, 0.717) is 13.2 Å². The van der Waals surface area contributed by atoms with E-state index in [-0.39, 0.29) is 11.6 Å². The molecule has 0 radical (unpaired) electrons. The van der Waals surface area contributed by atoms with Crippen molar-refractivity contribution in [2.45, 2.75) is 13.2 Å². The van der Waals surface area contributed by atoms with E-state index < -0.39 is 0 Å². The van der Waals surface area contributed by atoms with Gasteiger partial charge in [0.05, 0.1) is 30.7 Å². The summed E-state index contributed by atoms with van der Waals surface area (Å²) in [6, 6.07) is 1.83. The first-order chi connectivity index (χ1) is 8.79. The summed E-state index contributed by atoms with van der Waals surface area (Å²) in [5, 5.41) is 9.56. The molecule has 0 bridgehead atoms. The van der Waals surface area contributed by atoms with E-state index in [0.717, 1.165) is 11.4 Å². The smallest absolute Gasteiger partial charge is 0.271 e. The Kier molecular flexibility index (Phi) is 3.98. The van der Waals surface area contributed by atoms with Gasteiger partial charge in [0.15, 0.2) is 0 Å². The Morgan fingerprint density at radius 2 is 2.39 bits per heavy atom. The Bertz CT molecular complexity index is 511. The maximum absolute atomic E-state index is 11.7. The quantitative estimate of drug-likeness (QED) is 0.791. The molecule has 7 nitrogen and oxygen atoms in total.